The molecule has 7 nitrogen and oxygen atoms in total. The number of nitro groups is 1. The molecule has 136 valence electrons. The number of methoxy groups -OCH3 is 1. The van der Waals surface area contributed by atoms with Crippen molar-refractivity contribution >= 4 is 29.2 Å². The van der Waals surface area contributed by atoms with Crippen molar-refractivity contribution in [1.82, 2.24) is 4.90 Å². The van der Waals surface area contributed by atoms with Crippen molar-refractivity contribution in [2.45, 2.75) is 13.5 Å². The number of carbonyl (C=O) groups is 2. The van der Waals surface area contributed by atoms with E-state index in [9.17, 15) is 19.7 Å². The number of rotatable bonds is 6. The van der Waals surface area contributed by atoms with E-state index in [-0.39, 0.29) is 29.9 Å². The first-order chi connectivity index (χ1) is 12.3. The van der Waals surface area contributed by atoms with E-state index in [1.165, 1.54) is 37.1 Å². The van der Waals surface area contributed by atoms with Gasteiger partial charge < -0.3 is 9.64 Å². The van der Waals surface area contributed by atoms with Crippen molar-refractivity contribution in [2.24, 2.45) is 0 Å². The molecule has 0 N–H and O–H groups in total. The van der Waals surface area contributed by atoms with Crippen LogP contribution in [-0.2, 0) is 16.1 Å². The minimum absolute atomic E-state index is 0.132. The highest BCUT2D eigenvalue weighted by atomic mass is 35.5. The number of amides is 1. The van der Waals surface area contributed by atoms with Crippen molar-refractivity contribution in [1.29, 1.82) is 0 Å². The maximum atomic E-state index is 12.9. The van der Waals surface area contributed by atoms with Crippen LogP contribution in [0.4, 0.5) is 5.69 Å². The Balaban J connectivity index is 2.36. The van der Waals surface area contributed by atoms with Gasteiger partial charge in [-0.15, -0.1) is 0 Å². The highest BCUT2D eigenvalue weighted by molar-refractivity contribution is 6.30. The predicted octanol–water partition coefficient (Wildman–Crippen LogP) is 3.37. The van der Waals surface area contributed by atoms with E-state index in [2.05, 4.69) is 4.74 Å². The summed E-state index contributed by atoms with van der Waals surface area (Å²) in [5, 5.41) is 11.7. The minimum Gasteiger partial charge on any atom is -0.468 e. The van der Waals surface area contributed by atoms with Crippen LogP contribution in [0.1, 0.15) is 21.5 Å². The largest absolute Gasteiger partial charge is 0.468 e. The molecule has 0 saturated carbocycles. The predicted molar refractivity (Wildman–Crippen MR) is 96.0 cm³/mol. The zero-order valence-corrected chi connectivity index (χ0v) is 15.0. The second kappa shape index (κ2) is 8.44. The molecule has 1 amide bonds. The van der Waals surface area contributed by atoms with Gasteiger partial charge >= 0.3 is 5.97 Å². The van der Waals surface area contributed by atoms with Gasteiger partial charge in [0.25, 0.3) is 11.6 Å². The topological polar surface area (TPSA) is 89.8 Å². The van der Waals surface area contributed by atoms with Crippen LogP contribution in [-0.4, -0.2) is 35.4 Å². The van der Waals surface area contributed by atoms with E-state index >= 15 is 0 Å². The third kappa shape index (κ3) is 4.58. The second-order valence-electron chi connectivity index (χ2n) is 5.57. The summed E-state index contributed by atoms with van der Waals surface area (Å²) >= 11 is 5.86. The van der Waals surface area contributed by atoms with Crippen molar-refractivity contribution in [2.75, 3.05) is 13.7 Å². The van der Waals surface area contributed by atoms with Crippen molar-refractivity contribution in [3.05, 3.63) is 74.3 Å². The van der Waals surface area contributed by atoms with Crippen molar-refractivity contribution in [3.8, 4) is 0 Å². The Bertz CT molecular complexity index is 836. The Labute approximate surface area is 155 Å². The van der Waals surface area contributed by atoms with Crippen LogP contribution < -0.4 is 0 Å². The first-order valence-electron chi connectivity index (χ1n) is 7.68. The third-order valence-corrected chi connectivity index (χ3v) is 4.11. The van der Waals surface area contributed by atoms with E-state index in [1.54, 1.807) is 24.3 Å². The molecule has 2 rings (SSSR count). The molecular weight excluding hydrogens is 360 g/mol. The number of benzene rings is 2. The normalized spacial score (nSPS) is 10.3. The van der Waals surface area contributed by atoms with Crippen LogP contribution in [0.25, 0.3) is 0 Å². The maximum Gasteiger partial charge on any atom is 0.325 e. The summed E-state index contributed by atoms with van der Waals surface area (Å²) < 4.78 is 4.65. The smallest absolute Gasteiger partial charge is 0.325 e. The highest BCUT2D eigenvalue weighted by Gasteiger charge is 2.24. The Morgan fingerprint density at radius 2 is 1.85 bits per heavy atom. The highest BCUT2D eigenvalue weighted by Crippen LogP contribution is 2.23. The molecule has 0 heterocycles. The average Bonchev–Trinajstić information content (AvgIpc) is 2.62. The van der Waals surface area contributed by atoms with Gasteiger partial charge in [0.05, 0.1) is 12.0 Å². The molecule has 0 fully saturated rings. The van der Waals surface area contributed by atoms with Crippen LogP contribution in [0.3, 0.4) is 0 Å². The molecular formula is C18H17ClN2O5. The number of hydrogen-bond donors (Lipinski definition) is 0. The van der Waals surface area contributed by atoms with Crippen LogP contribution in [0.15, 0.2) is 42.5 Å². The first kappa shape index (κ1) is 19.4. The number of nitrogens with zero attached hydrogens (tertiary/aromatic N) is 2. The molecule has 0 radical (unpaired) electrons. The van der Waals surface area contributed by atoms with Crippen LogP contribution in [0.5, 0.6) is 0 Å². The molecule has 26 heavy (non-hydrogen) atoms. The number of nitro benzene ring substituents is 1. The Hall–Kier alpha value is -2.93. The molecule has 0 saturated heterocycles. The maximum absolute atomic E-state index is 12.9. The molecule has 0 aliphatic rings. The molecule has 0 atom stereocenters. The van der Waals surface area contributed by atoms with Crippen LogP contribution in [0, 0.1) is 17.0 Å². The number of carbonyl (C=O) groups excluding carboxylic acids is 2. The summed E-state index contributed by atoms with van der Waals surface area (Å²) in [6.45, 7) is 1.36. The van der Waals surface area contributed by atoms with Gasteiger partial charge in [-0.1, -0.05) is 29.8 Å². The molecule has 0 bridgehead atoms. The SMILES string of the molecule is COC(=O)CN(Cc1ccc(Cl)cc1)C(=O)c1cccc([N+](=O)[O-])c1C. The summed E-state index contributed by atoms with van der Waals surface area (Å²) in [5.74, 6) is -1.08. The van der Waals surface area contributed by atoms with Gasteiger partial charge in [0.2, 0.25) is 0 Å². The summed E-state index contributed by atoms with van der Waals surface area (Å²) in [5.41, 5.74) is 1.01. The van der Waals surface area contributed by atoms with E-state index in [4.69, 9.17) is 11.6 Å². The molecule has 2 aromatic carbocycles. The fourth-order valence-electron chi connectivity index (χ4n) is 2.45. The fourth-order valence-corrected chi connectivity index (χ4v) is 2.58. The fraction of sp³-hybridized carbons (Fsp3) is 0.222. The van der Waals surface area contributed by atoms with Gasteiger partial charge in [0, 0.05) is 28.8 Å². The first-order valence-corrected chi connectivity index (χ1v) is 8.05. The van der Waals surface area contributed by atoms with Gasteiger partial charge in [-0.25, -0.2) is 0 Å². The number of hydrogen-bond acceptors (Lipinski definition) is 5. The molecule has 0 unspecified atom stereocenters. The lowest BCUT2D eigenvalue weighted by molar-refractivity contribution is -0.385. The third-order valence-electron chi connectivity index (χ3n) is 3.85. The standard InChI is InChI=1S/C18H17ClN2O5/c1-12-15(4-3-5-16(12)21(24)25)18(23)20(11-17(22)26-2)10-13-6-8-14(19)9-7-13/h3-9H,10-11H2,1-2H3. The van der Waals surface area contributed by atoms with Crippen LogP contribution >= 0.6 is 11.6 Å². The van der Waals surface area contributed by atoms with E-state index in [0.29, 0.717) is 5.02 Å². The number of ether oxygens (including phenoxy) is 1. The van der Waals surface area contributed by atoms with Crippen molar-refractivity contribution in [3.63, 3.8) is 0 Å². The van der Waals surface area contributed by atoms with Crippen LogP contribution in [0.2, 0.25) is 5.02 Å². The molecule has 0 aliphatic heterocycles. The number of esters is 1. The quantitative estimate of drug-likeness (QED) is 0.438. The lowest BCUT2D eigenvalue weighted by Crippen LogP contribution is -2.36. The van der Waals surface area contributed by atoms with E-state index in [1.807, 2.05) is 0 Å². The zero-order valence-electron chi connectivity index (χ0n) is 14.3. The molecule has 0 aromatic heterocycles. The Morgan fingerprint density at radius 1 is 1.19 bits per heavy atom. The van der Waals surface area contributed by atoms with Gasteiger partial charge in [-0.05, 0) is 30.7 Å². The van der Waals surface area contributed by atoms with E-state index < -0.39 is 16.8 Å². The summed E-state index contributed by atoms with van der Waals surface area (Å²) in [6, 6.07) is 11.1. The van der Waals surface area contributed by atoms with Crippen molar-refractivity contribution < 1.29 is 19.2 Å². The molecule has 2 aromatic rings. The zero-order chi connectivity index (χ0) is 19.3. The lowest BCUT2D eigenvalue weighted by atomic mass is 10.0. The second-order valence-corrected chi connectivity index (χ2v) is 6.01. The van der Waals surface area contributed by atoms with Gasteiger partial charge in [0.1, 0.15) is 6.54 Å². The molecule has 0 spiro atoms. The molecule has 0 aliphatic carbocycles. The van der Waals surface area contributed by atoms with E-state index in [0.717, 1.165) is 5.56 Å². The summed E-state index contributed by atoms with van der Waals surface area (Å²) in [6.07, 6.45) is 0. The average molecular weight is 377 g/mol. The number of halogens is 1. The van der Waals surface area contributed by atoms with Gasteiger partial charge in [-0.2, -0.15) is 0 Å². The summed E-state index contributed by atoms with van der Waals surface area (Å²) in [4.78, 5) is 36.5. The Morgan fingerprint density at radius 3 is 2.42 bits per heavy atom. The Kier molecular flexibility index (Phi) is 6.30. The van der Waals surface area contributed by atoms with Gasteiger partial charge in [0.15, 0.2) is 0 Å². The summed E-state index contributed by atoms with van der Waals surface area (Å²) in [7, 11) is 1.23. The minimum atomic E-state index is -0.588. The van der Waals surface area contributed by atoms with Gasteiger partial charge in [-0.3, -0.25) is 19.7 Å². The monoisotopic (exact) mass is 376 g/mol. The molecule has 8 heteroatoms. The lowest BCUT2D eigenvalue weighted by Gasteiger charge is -2.22.